The van der Waals surface area contributed by atoms with Crippen molar-refractivity contribution in [3.05, 3.63) is 53.9 Å². The third kappa shape index (κ3) is 4.42. The normalized spacial score (nSPS) is 10.7. The van der Waals surface area contributed by atoms with Crippen LogP contribution in [0.15, 0.2) is 42.7 Å². The maximum absolute atomic E-state index is 5.17. The monoisotopic (exact) mass is 272 g/mol. The highest BCUT2D eigenvalue weighted by Crippen LogP contribution is 2.12. The van der Waals surface area contributed by atoms with Crippen molar-refractivity contribution in [1.29, 1.82) is 0 Å². The lowest BCUT2D eigenvalue weighted by atomic mass is 10.1. The van der Waals surface area contributed by atoms with Gasteiger partial charge in [0.25, 0.3) is 0 Å². The Bertz CT molecular complexity index is 502. The molecule has 1 aromatic heterocycles. The third-order valence-corrected chi connectivity index (χ3v) is 3.39. The van der Waals surface area contributed by atoms with Gasteiger partial charge in [-0.2, -0.15) is 0 Å². The zero-order chi connectivity index (χ0) is 14.2. The molecule has 0 unspecified atom stereocenters. The average molecular weight is 272 g/mol. The van der Waals surface area contributed by atoms with E-state index in [9.17, 15) is 0 Å². The molecule has 0 bridgehead atoms. The van der Waals surface area contributed by atoms with Crippen molar-refractivity contribution in [2.75, 3.05) is 13.7 Å². The molecule has 0 atom stereocenters. The van der Waals surface area contributed by atoms with E-state index in [1.54, 1.807) is 7.11 Å². The summed E-state index contributed by atoms with van der Waals surface area (Å²) < 4.78 is 7.43. The number of aromatic nitrogens is 1. The highest BCUT2D eigenvalue weighted by atomic mass is 16.5. The molecule has 0 aliphatic carbocycles. The van der Waals surface area contributed by atoms with Crippen LogP contribution in [0.2, 0.25) is 0 Å². The zero-order valence-electron chi connectivity index (χ0n) is 12.4. The molecule has 108 valence electrons. The van der Waals surface area contributed by atoms with Gasteiger partial charge in [-0.3, -0.25) is 0 Å². The second kappa shape index (κ2) is 7.75. The van der Waals surface area contributed by atoms with Gasteiger partial charge < -0.3 is 14.6 Å². The van der Waals surface area contributed by atoms with Gasteiger partial charge in [-0.1, -0.05) is 19.1 Å². The van der Waals surface area contributed by atoms with Crippen molar-refractivity contribution >= 4 is 0 Å². The molecule has 1 N–H and O–H groups in total. The van der Waals surface area contributed by atoms with Gasteiger partial charge in [-0.25, -0.2) is 0 Å². The Labute approximate surface area is 121 Å². The van der Waals surface area contributed by atoms with Crippen molar-refractivity contribution < 1.29 is 4.74 Å². The molecule has 0 amide bonds. The van der Waals surface area contributed by atoms with Crippen LogP contribution in [-0.4, -0.2) is 18.2 Å². The van der Waals surface area contributed by atoms with Crippen LogP contribution in [0.25, 0.3) is 0 Å². The van der Waals surface area contributed by atoms with Crippen LogP contribution in [0.3, 0.4) is 0 Å². The van der Waals surface area contributed by atoms with Crippen LogP contribution in [0.5, 0.6) is 5.75 Å². The predicted octanol–water partition coefficient (Wildman–Crippen LogP) is 3.24. The summed E-state index contributed by atoms with van der Waals surface area (Å²) >= 11 is 0. The van der Waals surface area contributed by atoms with Crippen molar-refractivity contribution in [1.82, 2.24) is 9.88 Å². The van der Waals surface area contributed by atoms with Crippen LogP contribution in [-0.2, 0) is 19.5 Å². The Balaban J connectivity index is 1.81. The van der Waals surface area contributed by atoms with Gasteiger partial charge in [0.05, 0.1) is 7.11 Å². The Hall–Kier alpha value is -1.74. The summed E-state index contributed by atoms with van der Waals surface area (Å²) in [6.07, 6.45) is 6.61. The molecule has 0 fully saturated rings. The number of nitrogens with zero attached hydrogens (tertiary/aromatic N) is 1. The molecule has 0 radical (unpaired) electrons. The molecule has 3 heteroatoms. The van der Waals surface area contributed by atoms with Gasteiger partial charge in [0, 0.05) is 25.5 Å². The summed E-state index contributed by atoms with van der Waals surface area (Å²) in [6, 6.07) is 10.5. The summed E-state index contributed by atoms with van der Waals surface area (Å²) in [7, 11) is 1.70. The van der Waals surface area contributed by atoms with E-state index < -0.39 is 0 Å². The zero-order valence-corrected chi connectivity index (χ0v) is 12.4. The topological polar surface area (TPSA) is 26.2 Å². The second-order valence-electron chi connectivity index (χ2n) is 5.03. The number of methoxy groups -OCH3 is 1. The van der Waals surface area contributed by atoms with Crippen molar-refractivity contribution in [3.8, 4) is 5.75 Å². The predicted molar refractivity (Wildman–Crippen MR) is 83.1 cm³/mol. The minimum Gasteiger partial charge on any atom is -0.497 e. The summed E-state index contributed by atoms with van der Waals surface area (Å²) in [5.74, 6) is 0.916. The van der Waals surface area contributed by atoms with E-state index in [1.165, 1.54) is 17.5 Å². The first-order valence-corrected chi connectivity index (χ1v) is 7.30. The van der Waals surface area contributed by atoms with Gasteiger partial charge in [-0.05, 0) is 48.7 Å². The summed E-state index contributed by atoms with van der Waals surface area (Å²) in [5, 5.41) is 3.42. The maximum atomic E-state index is 5.17. The second-order valence-corrected chi connectivity index (χ2v) is 5.03. The molecule has 2 rings (SSSR count). The van der Waals surface area contributed by atoms with Crippen LogP contribution in [0.1, 0.15) is 24.5 Å². The van der Waals surface area contributed by atoms with Gasteiger partial charge >= 0.3 is 0 Å². The van der Waals surface area contributed by atoms with Crippen LogP contribution >= 0.6 is 0 Å². The van der Waals surface area contributed by atoms with Crippen LogP contribution < -0.4 is 10.1 Å². The number of rotatable bonds is 8. The van der Waals surface area contributed by atoms with E-state index in [4.69, 9.17) is 4.74 Å². The quantitative estimate of drug-likeness (QED) is 0.747. The lowest BCUT2D eigenvalue weighted by Gasteiger charge is -2.05. The van der Waals surface area contributed by atoms with Crippen LogP contribution in [0, 0.1) is 0 Å². The van der Waals surface area contributed by atoms with E-state index in [0.29, 0.717) is 0 Å². The highest BCUT2D eigenvalue weighted by molar-refractivity contribution is 5.27. The fourth-order valence-electron chi connectivity index (χ4n) is 2.19. The average Bonchev–Trinajstić information content (AvgIpc) is 2.94. The smallest absolute Gasteiger partial charge is 0.118 e. The van der Waals surface area contributed by atoms with Gasteiger partial charge in [0.2, 0.25) is 0 Å². The minimum atomic E-state index is 0.916. The number of ether oxygens (including phenoxy) is 1. The summed E-state index contributed by atoms with van der Waals surface area (Å²) in [6.45, 7) is 5.24. The highest BCUT2D eigenvalue weighted by Gasteiger charge is 1.98. The van der Waals surface area contributed by atoms with E-state index in [2.05, 4.69) is 47.4 Å². The molecule has 0 aliphatic rings. The molecular formula is C17H24N2O. The fourth-order valence-corrected chi connectivity index (χ4v) is 2.19. The first-order chi connectivity index (χ1) is 9.81. The number of hydrogen-bond acceptors (Lipinski definition) is 2. The molecule has 1 heterocycles. The van der Waals surface area contributed by atoms with Gasteiger partial charge in [0.1, 0.15) is 5.75 Å². The first kappa shape index (κ1) is 14.7. The Morgan fingerprint density at radius 1 is 1.10 bits per heavy atom. The molecule has 0 saturated carbocycles. The van der Waals surface area contributed by atoms with Crippen molar-refractivity contribution in [3.63, 3.8) is 0 Å². The largest absolute Gasteiger partial charge is 0.497 e. The van der Waals surface area contributed by atoms with E-state index in [-0.39, 0.29) is 0 Å². The number of nitrogens with one attached hydrogen (secondary N) is 1. The Morgan fingerprint density at radius 3 is 2.60 bits per heavy atom. The Morgan fingerprint density at radius 2 is 1.90 bits per heavy atom. The van der Waals surface area contributed by atoms with Crippen LogP contribution in [0.4, 0.5) is 0 Å². The standard InChI is InChI=1S/C17H24N2O/c1-3-10-18-13-16-9-12-19(14-16)11-8-15-4-6-17(20-2)7-5-15/h4-7,9,12,14,18H,3,8,10-11,13H2,1-2H3. The van der Waals surface area contributed by atoms with Gasteiger partial charge in [0.15, 0.2) is 0 Å². The maximum Gasteiger partial charge on any atom is 0.118 e. The van der Waals surface area contributed by atoms with Crippen molar-refractivity contribution in [2.45, 2.75) is 32.9 Å². The molecule has 0 saturated heterocycles. The molecule has 0 aliphatic heterocycles. The number of benzene rings is 1. The number of hydrogen-bond donors (Lipinski definition) is 1. The SMILES string of the molecule is CCCNCc1ccn(CCc2ccc(OC)cc2)c1. The molecule has 0 spiro atoms. The van der Waals surface area contributed by atoms with Gasteiger partial charge in [-0.15, -0.1) is 0 Å². The van der Waals surface area contributed by atoms with E-state index in [0.717, 1.165) is 31.8 Å². The van der Waals surface area contributed by atoms with E-state index >= 15 is 0 Å². The first-order valence-electron chi connectivity index (χ1n) is 7.30. The summed E-state index contributed by atoms with van der Waals surface area (Å²) in [5.41, 5.74) is 2.69. The minimum absolute atomic E-state index is 0.916. The fraction of sp³-hybridized carbons (Fsp3) is 0.412. The summed E-state index contributed by atoms with van der Waals surface area (Å²) in [4.78, 5) is 0. The molecule has 3 nitrogen and oxygen atoms in total. The lowest BCUT2D eigenvalue weighted by molar-refractivity contribution is 0.414. The van der Waals surface area contributed by atoms with E-state index in [1.807, 2.05) is 12.1 Å². The molecule has 1 aromatic carbocycles. The molecule has 2 aromatic rings. The number of aryl methyl sites for hydroxylation is 2. The molecular weight excluding hydrogens is 248 g/mol. The molecule has 20 heavy (non-hydrogen) atoms. The van der Waals surface area contributed by atoms with Crippen molar-refractivity contribution in [2.24, 2.45) is 0 Å². The third-order valence-electron chi connectivity index (χ3n) is 3.39. The lowest BCUT2D eigenvalue weighted by Crippen LogP contribution is -2.13. The Kier molecular flexibility index (Phi) is 5.69.